The minimum Gasteiger partial charge on any atom is -0.351 e. The maximum Gasteiger partial charge on any atom is 0.325 e. The Labute approximate surface area is 188 Å². The van der Waals surface area contributed by atoms with Gasteiger partial charge in [0, 0.05) is 6.04 Å². The molecule has 1 aliphatic heterocycles. The Morgan fingerprint density at radius 1 is 1.09 bits per heavy atom. The topological polar surface area (TPSA) is 78.5 Å². The van der Waals surface area contributed by atoms with Gasteiger partial charge < -0.3 is 10.6 Å². The molecule has 4 amide bonds. The first-order chi connectivity index (χ1) is 15.1. The van der Waals surface area contributed by atoms with Gasteiger partial charge in [0.25, 0.3) is 5.91 Å². The van der Waals surface area contributed by atoms with Gasteiger partial charge in [-0.05, 0) is 65.3 Å². The number of amides is 4. The standard InChI is InChI=1S/C26H31N3O3/c1-24(2)18-11-12-25(24,3)20(14-18)27-21(30)15-29-22(31)26(4,28-23(29)32)19-10-9-16-7-5-6-8-17(16)13-19/h5-10,13,18,20H,11-12,14-15H2,1-4H3,(H,27,30)(H,28,32). The summed E-state index contributed by atoms with van der Waals surface area (Å²) in [5.74, 6) is -0.0658. The number of urea groups is 1. The fourth-order valence-electron chi connectivity index (χ4n) is 6.34. The Morgan fingerprint density at radius 3 is 2.47 bits per heavy atom. The zero-order valence-electron chi connectivity index (χ0n) is 19.2. The van der Waals surface area contributed by atoms with Crippen LogP contribution in [0.15, 0.2) is 42.5 Å². The van der Waals surface area contributed by atoms with Crippen LogP contribution < -0.4 is 10.6 Å². The van der Waals surface area contributed by atoms with E-state index in [1.165, 1.54) is 6.42 Å². The van der Waals surface area contributed by atoms with E-state index in [-0.39, 0.29) is 29.3 Å². The van der Waals surface area contributed by atoms with Gasteiger partial charge in [-0.1, -0.05) is 57.2 Å². The Kier molecular flexibility index (Phi) is 4.46. The molecule has 4 unspecified atom stereocenters. The minimum absolute atomic E-state index is 0.0458. The summed E-state index contributed by atoms with van der Waals surface area (Å²) in [6.07, 6.45) is 3.26. The highest BCUT2D eigenvalue weighted by Crippen LogP contribution is 2.65. The molecular formula is C26H31N3O3. The number of nitrogens with one attached hydrogen (secondary N) is 2. The molecule has 0 radical (unpaired) electrons. The number of benzene rings is 2. The van der Waals surface area contributed by atoms with Crippen molar-refractivity contribution in [2.75, 3.05) is 6.54 Å². The third-order valence-electron chi connectivity index (χ3n) is 9.03. The van der Waals surface area contributed by atoms with Crippen LogP contribution in [0.3, 0.4) is 0 Å². The van der Waals surface area contributed by atoms with Crippen molar-refractivity contribution in [3.8, 4) is 0 Å². The van der Waals surface area contributed by atoms with Crippen molar-refractivity contribution in [2.24, 2.45) is 16.7 Å². The smallest absolute Gasteiger partial charge is 0.325 e. The van der Waals surface area contributed by atoms with E-state index in [2.05, 4.69) is 31.4 Å². The highest BCUT2D eigenvalue weighted by Gasteiger charge is 2.61. The highest BCUT2D eigenvalue weighted by molar-refractivity contribution is 6.09. The van der Waals surface area contributed by atoms with Crippen LogP contribution in [-0.2, 0) is 15.1 Å². The van der Waals surface area contributed by atoms with Gasteiger partial charge in [0.1, 0.15) is 12.1 Å². The van der Waals surface area contributed by atoms with Crippen molar-refractivity contribution in [1.29, 1.82) is 0 Å². The summed E-state index contributed by atoms with van der Waals surface area (Å²) >= 11 is 0. The first-order valence-electron chi connectivity index (χ1n) is 11.5. The summed E-state index contributed by atoms with van der Waals surface area (Å²) in [5, 5.41) is 8.03. The second-order valence-electron chi connectivity index (χ2n) is 10.7. The Bertz CT molecular complexity index is 1140. The third kappa shape index (κ3) is 2.81. The van der Waals surface area contributed by atoms with Gasteiger partial charge in [0.05, 0.1) is 0 Å². The number of hydrogen-bond acceptors (Lipinski definition) is 3. The Morgan fingerprint density at radius 2 is 1.81 bits per heavy atom. The second kappa shape index (κ2) is 6.80. The van der Waals surface area contributed by atoms with E-state index in [1.54, 1.807) is 6.92 Å². The lowest BCUT2D eigenvalue weighted by atomic mass is 9.69. The van der Waals surface area contributed by atoms with Gasteiger partial charge in [-0.3, -0.25) is 14.5 Å². The molecule has 2 bridgehead atoms. The third-order valence-corrected chi connectivity index (χ3v) is 9.03. The normalized spacial score (nSPS) is 33.1. The molecule has 6 nitrogen and oxygen atoms in total. The van der Waals surface area contributed by atoms with Crippen LogP contribution in [0.2, 0.25) is 0 Å². The molecule has 2 saturated carbocycles. The van der Waals surface area contributed by atoms with Crippen molar-refractivity contribution in [3.63, 3.8) is 0 Å². The largest absolute Gasteiger partial charge is 0.351 e. The van der Waals surface area contributed by atoms with Crippen LogP contribution in [0, 0.1) is 16.7 Å². The summed E-state index contributed by atoms with van der Waals surface area (Å²) in [5.41, 5.74) is -0.258. The van der Waals surface area contributed by atoms with Crippen LogP contribution in [-0.4, -0.2) is 35.3 Å². The minimum atomic E-state index is -1.19. The van der Waals surface area contributed by atoms with Gasteiger partial charge in [0.15, 0.2) is 0 Å². The molecule has 168 valence electrons. The van der Waals surface area contributed by atoms with E-state index in [0.717, 1.165) is 28.5 Å². The summed E-state index contributed by atoms with van der Waals surface area (Å²) in [7, 11) is 0. The molecule has 1 heterocycles. The van der Waals surface area contributed by atoms with E-state index in [0.29, 0.717) is 11.5 Å². The van der Waals surface area contributed by atoms with Gasteiger partial charge in [-0.2, -0.15) is 0 Å². The molecule has 2 aromatic rings. The predicted octanol–water partition coefficient (Wildman–Crippen LogP) is 3.94. The van der Waals surface area contributed by atoms with Crippen LogP contribution in [0.25, 0.3) is 10.8 Å². The fraction of sp³-hybridized carbons (Fsp3) is 0.500. The summed E-state index contributed by atoms with van der Waals surface area (Å²) in [6.45, 7) is 8.29. The van der Waals surface area contributed by atoms with Crippen LogP contribution >= 0.6 is 0 Å². The monoisotopic (exact) mass is 433 g/mol. The van der Waals surface area contributed by atoms with Gasteiger partial charge in [0.2, 0.25) is 5.91 Å². The lowest BCUT2D eigenvalue weighted by Gasteiger charge is -2.39. The summed E-state index contributed by atoms with van der Waals surface area (Å²) < 4.78 is 0. The summed E-state index contributed by atoms with van der Waals surface area (Å²) in [4.78, 5) is 40.0. The quantitative estimate of drug-likeness (QED) is 0.717. The first kappa shape index (κ1) is 21.0. The second-order valence-corrected chi connectivity index (χ2v) is 10.7. The van der Waals surface area contributed by atoms with Crippen molar-refractivity contribution in [3.05, 3.63) is 48.0 Å². The number of carbonyl (C=O) groups is 3. The highest BCUT2D eigenvalue weighted by atomic mass is 16.2. The SMILES string of the molecule is CC1(c2ccc3ccccc3c2)NC(=O)N(CC(=O)NC2CC3CCC2(C)C3(C)C)C1=O. The van der Waals surface area contributed by atoms with Gasteiger partial charge in [-0.25, -0.2) is 4.79 Å². The molecule has 2 aliphatic carbocycles. The number of hydrogen-bond donors (Lipinski definition) is 2. The average molecular weight is 434 g/mol. The van der Waals surface area contributed by atoms with Gasteiger partial charge in [-0.15, -0.1) is 0 Å². The molecule has 0 spiro atoms. The lowest BCUT2D eigenvalue weighted by Crippen LogP contribution is -2.50. The van der Waals surface area contributed by atoms with Crippen LogP contribution in [0.4, 0.5) is 4.79 Å². The molecule has 6 heteroatoms. The zero-order valence-corrected chi connectivity index (χ0v) is 19.2. The van der Waals surface area contributed by atoms with E-state index < -0.39 is 17.5 Å². The Balaban J connectivity index is 1.32. The zero-order chi connectivity index (χ0) is 22.9. The van der Waals surface area contributed by atoms with Gasteiger partial charge >= 0.3 is 6.03 Å². The van der Waals surface area contributed by atoms with Crippen LogP contribution in [0.1, 0.15) is 52.5 Å². The van der Waals surface area contributed by atoms with E-state index >= 15 is 0 Å². The number of imide groups is 1. The lowest BCUT2D eigenvalue weighted by molar-refractivity contribution is -0.135. The van der Waals surface area contributed by atoms with Crippen molar-refractivity contribution in [1.82, 2.24) is 15.5 Å². The van der Waals surface area contributed by atoms with E-state index in [4.69, 9.17) is 0 Å². The molecule has 4 atom stereocenters. The van der Waals surface area contributed by atoms with Crippen LogP contribution in [0.5, 0.6) is 0 Å². The molecule has 2 N–H and O–H groups in total. The van der Waals surface area contributed by atoms with E-state index in [1.807, 2.05) is 42.5 Å². The molecule has 0 aromatic heterocycles. The van der Waals surface area contributed by atoms with Crippen molar-refractivity contribution in [2.45, 2.75) is 58.5 Å². The number of rotatable bonds is 4. The maximum absolute atomic E-state index is 13.3. The summed E-state index contributed by atoms with van der Waals surface area (Å²) in [6, 6.07) is 13.2. The Hall–Kier alpha value is -2.89. The van der Waals surface area contributed by atoms with E-state index in [9.17, 15) is 14.4 Å². The number of carbonyl (C=O) groups excluding carboxylic acids is 3. The molecule has 5 rings (SSSR count). The molecule has 32 heavy (non-hydrogen) atoms. The average Bonchev–Trinajstić information content (AvgIpc) is 3.20. The molecule has 1 saturated heterocycles. The van der Waals surface area contributed by atoms with Crippen molar-refractivity contribution >= 4 is 28.6 Å². The number of nitrogens with zero attached hydrogens (tertiary/aromatic N) is 1. The molecule has 2 aromatic carbocycles. The fourth-order valence-corrected chi connectivity index (χ4v) is 6.34. The first-order valence-corrected chi connectivity index (χ1v) is 11.5. The molecular weight excluding hydrogens is 402 g/mol. The number of fused-ring (bicyclic) bond motifs is 3. The molecule has 3 fully saturated rings. The van der Waals surface area contributed by atoms with Crippen molar-refractivity contribution < 1.29 is 14.4 Å². The predicted molar refractivity (Wildman–Crippen MR) is 123 cm³/mol. The maximum atomic E-state index is 13.3. The molecule has 3 aliphatic rings.